The third kappa shape index (κ3) is 3.86. The number of hydrogen-bond acceptors (Lipinski definition) is 3. The highest BCUT2D eigenvalue weighted by Crippen LogP contribution is 2.32. The number of amides is 1. The molecule has 0 saturated carbocycles. The maximum Gasteiger partial charge on any atom is 0.439 e. The number of aliphatic imine (C=N–C) groups is 1. The van der Waals surface area contributed by atoms with Gasteiger partial charge in [-0.2, -0.15) is 0 Å². The summed E-state index contributed by atoms with van der Waals surface area (Å²) in [5, 5.41) is 0. The lowest BCUT2D eigenvalue weighted by atomic mass is 9.97. The van der Waals surface area contributed by atoms with Crippen LogP contribution in [0.15, 0.2) is 53.5 Å². The molecule has 0 N–H and O–H groups in total. The molecule has 0 aliphatic carbocycles. The van der Waals surface area contributed by atoms with Crippen LogP contribution in [0.4, 0.5) is 4.79 Å². The van der Waals surface area contributed by atoms with Crippen molar-refractivity contribution < 1.29 is 14.3 Å². The van der Waals surface area contributed by atoms with E-state index in [1.54, 1.807) is 0 Å². The van der Waals surface area contributed by atoms with Crippen molar-refractivity contribution in [3.63, 3.8) is 0 Å². The van der Waals surface area contributed by atoms with Crippen molar-refractivity contribution in [2.75, 3.05) is 13.2 Å². The fourth-order valence-electron chi connectivity index (χ4n) is 2.98. The van der Waals surface area contributed by atoms with E-state index >= 15 is 0 Å². The lowest BCUT2D eigenvalue weighted by Crippen LogP contribution is -2.32. The molecule has 2 aromatic carbocycles. The Kier molecular flexibility index (Phi) is 5.55. The average molecular weight is 348 g/mol. The summed E-state index contributed by atoms with van der Waals surface area (Å²) in [5.41, 5.74) is 4.64. The zero-order chi connectivity index (χ0) is 18.4. The fraction of sp³-hybridized carbons (Fsp3) is 0.238. The predicted octanol–water partition coefficient (Wildman–Crippen LogP) is 3.83. The van der Waals surface area contributed by atoms with Gasteiger partial charge >= 0.3 is 6.09 Å². The third-order valence-corrected chi connectivity index (χ3v) is 4.06. The van der Waals surface area contributed by atoms with E-state index in [4.69, 9.17) is 15.9 Å². The number of hydrogen-bond donors (Lipinski definition) is 0. The van der Waals surface area contributed by atoms with Gasteiger partial charge in [0, 0.05) is 13.1 Å². The van der Waals surface area contributed by atoms with Crippen LogP contribution in [0, 0.1) is 12.3 Å². The van der Waals surface area contributed by atoms with Gasteiger partial charge in [0.2, 0.25) is 0 Å². The molecule has 0 unspecified atom stereocenters. The van der Waals surface area contributed by atoms with E-state index in [1.165, 1.54) is 11.1 Å². The Hall–Kier alpha value is -3.26. The van der Waals surface area contributed by atoms with Gasteiger partial charge in [0.15, 0.2) is 6.61 Å². The van der Waals surface area contributed by atoms with Crippen molar-refractivity contribution in [3.8, 4) is 23.5 Å². The summed E-state index contributed by atoms with van der Waals surface area (Å²) in [5.74, 6) is 2.25. The van der Waals surface area contributed by atoms with Crippen molar-refractivity contribution in [1.82, 2.24) is 4.90 Å². The summed E-state index contributed by atoms with van der Waals surface area (Å²) in [4.78, 5) is 17.8. The Morgan fingerprint density at radius 3 is 2.19 bits per heavy atom. The minimum absolute atomic E-state index is 0.118. The molecule has 0 fully saturated rings. The van der Waals surface area contributed by atoms with Crippen LogP contribution in [0.3, 0.4) is 0 Å². The molecule has 0 spiro atoms. The summed E-state index contributed by atoms with van der Waals surface area (Å²) in [6.07, 6.45) is 4.37. The van der Waals surface area contributed by atoms with Gasteiger partial charge in [-0.3, -0.25) is 0 Å². The summed E-state index contributed by atoms with van der Waals surface area (Å²) in [7, 11) is 0. The normalized spacial score (nSPS) is 13.1. The molecule has 1 aliphatic heterocycles. The van der Waals surface area contributed by atoms with Crippen LogP contribution in [0.1, 0.15) is 18.1 Å². The summed E-state index contributed by atoms with van der Waals surface area (Å²) < 4.78 is 10.5. The van der Waals surface area contributed by atoms with Gasteiger partial charge in [-0.05, 0) is 29.2 Å². The lowest BCUT2D eigenvalue weighted by Gasteiger charge is -2.24. The van der Waals surface area contributed by atoms with Crippen molar-refractivity contribution in [2.45, 2.75) is 20.0 Å². The van der Waals surface area contributed by atoms with E-state index in [2.05, 4.69) is 35.2 Å². The molecule has 0 saturated heterocycles. The van der Waals surface area contributed by atoms with Gasteiger partial charge in [0.05, 0.1) is 6.61 Å². The largest absolute Gasteiger partial charge is 0.465 e. The fourth-order valence-corrected chi connectivity index (χ4v) is 2.98. The topological polar surface area (TPSA) is 51.1 Å². The molecule has 0 bridgehead atoms. The zero-order valence-electron chi connectivity index (χ0n) is 14.6. The summed E-state index contributed by atoms with van der Waals surface area (Å²) in [6, 6.07) is 16.7. The van der Waals surface area contributed by atoms with Crippen LogP contribution < -0.4 is 0 Å². The van der Waals surface area contributed by atoms with Crippen LogP contribution in [-0.4, -0.2) is 30.2 Å². The Balaban J connectivity index is 1.98. The van der Waals surface area contributed by atoms with Crippen LogP contribution in [0.2, 0.25) is 0 Å². The average Bonchev–Trinajstić information content (AvgIpc) is 2.83. The SMILES string of the molecule is C#CCOC(=O)N=C(OCC)N1Cc2ccccc2-c2ccccc2C1. The number of nitrogens with zero attached hydrogens (tertiary/aromatic N) is 2. The Bertz CT molecular complexity index is 820. The second-order valence-electron chi connectivity index (χ2n) is 5.76. The molecule has 132 valence electrons. The van der Waals surface area contributed by atoms with E-state index in [0.717, 1.165) is 11.1 Å². The first-order valence-electron chi connectivity index (χ1n) is 8.45. The molecule has 26 heavy (non-hydrogen) atoms. The predicted molar refractivity (Wildman–Crippen MR) is 100 cm³/mol. The summed E-state index contributed by atoms with van der Waals surface area (Å²) in [6.45, 7) is 3.27. The number of carbonyl (C=O) groups is 1. The Labute approximate surface area is 153 Å². The molecule has 1 amide bonds. The van der Waals surface area contributed by atoms with E-state index in [1.807, 2.05) is 36.1 Å². The maximum absolute atomic E-state index is 11.9. The second kappa shape index (κ2) is 8.21. The lowest BCUT2D eigenvalue weighted by molar-refractivity contribution is 0.167. The van der Waals surface area contributed by atoms with Crippen molar-refractivity contribution in [2.24, 2.45) is 4.99 Å². The molecule has 0 atom stereocenters. The molecule has 0 aromatic heterocycles. The maximum atomic E-state index is 11.9. The number of rotatable bonds is 2. The number of amidine groups is 1. The minimum Gasteiger partial charge on any atom is -0.465 e. The van der Waals surface area contributed by atoms with Crippen LogP contribution in [-0.2, 0) is 22.6 Å². The number of carbonyl (C=O) groups excluding carboxylic acids is 1. The monoisotopic (exact) mass is 348 g/mol. The Morgan fingerprint density at radius 2 is 1.65 bits per heavy atom. The number of ether oxygens (including phenoxy) is 2. The van der Waals surface area contributed by atoms with Gasteiger partial charge < -0.3 is 14.4 Å². The molecule has 3 rings (SSSR count). The standard InChI is InChI=1S/C21H20N2O3/c1-3-13-26-21(24)22-20(25-4-2)23-14-16-9-5-7-11-18(16)19-12-8-6-10-17(19)15-23/h1,5-12H,4,13-15H2,2H3. The van der Waals surface area contributed by atoms with Crippen molar-refractivity contribution in [3.05, 3.63) is 59.7 Å². The number of benzene rings is 2. The molecule has 5 heteroatoms. The van der Waals surface area contributed by atoms with Crippen LogP contribution in [0.5, 0.6) is 0 Å². The van der Waals surface area contributed by atoms with Crippen LogP contribution >= 0.6 is 0 Å². The Morgan fingerprint density at radius 1 is 1.08 bits per heavy atom. The highest BCUT2D eigenvalue weighted by Gasteiger charge is 2.23. The molecule has 5 nitrogen and oxygen atoms in total. The highest BCUT2D eigenvalue weighted by molar-refractivity contribution is 5.87. The van der Waals surface area contributed by atoms with Crippen LogP contribution in [0.25, 0.3) is 11.1 Å². The van der Waals surface area contributed by atoms with E-state index in [0.29, 0.717) is 19.7 Å². The molecule has 0 radical (unpaired) electrons. The smallest absolute Gasteiger partial charge is 0.439 e. The summed E-state index contributed by atoms with van der Waals surface area (Å²) >= 11 is 0. The molecular weight excluding hydrogens is 328 g/mol. The quantitative estimate of drug-likeness (QED) is 0.470. The van der Waals surface area contributed by atoms with E-state index < -0.39 is 6.09 Å². The first kappa shape index (κ1) is 17.6. The number of terminal acetylenes is 1. The third-order valence-electron chi connectivity index (χ3n) is 4.06. The zero-order valence-corrected chi connectivity index (χ0v) is 14.6. The molecule has 2 aromatic rings. The van der Waals surface area contributed by atoms with E-state index in [9.17, 15) is 4.79 Å². The molecular formula is C21H20N2O3. The second-order valence-corrected chi connectivity index (χ2v) is 5.76. The highest BCUT2D eigenvalue weighted by atomic mass is 16.6. The molecule has 1 heterocycles. The minimum atomic E-state index is -0.753. The van der Waals surface area contributed by atoms with Gasteiger partial charge in [-0.1, -0.05) is 54.5 Å². The van der Waals surface area contributed by atoms with Gasteiger partial charge in [-0.15, -0.1) is 11.4 Å². The van der Waals surface area contributed by atoms with Gasteiger partial charge in [-0.25, -0.2) is 4.79 Å². The van der Waals surface area contributed by atoms with Crippen molar-refractivity contribution in [1.29, 1.82) is 0 Å². The van der Waals surface area contributed by atoms with Crippen molar-refractivity contribution >= 4 is 12.1 Å². The first-order valence-corrected chi connectivity index (χ1v) is 8.45. The number of fused-ring (bicyclic) bond motifs is 3. The van der Waals surface area contributed by atoms with E-state index in [-0.39, 0.29) is 12.6 Å². The molecule has 1 aliphatic rings. The first-order chi connectivity index (χ1) is 12.7. The van der Waals surface area contributed by atoms with Gasteiger partial charge in [0.1, 0.15) is 0 Å². The van der Waals surface area contributed by atoms with Gasteiger partial charge in [0.25, 0.3) is 6.02 Å².